The summed E-state index contributed by atoms with van der Waals surface area (Å²) in [5.74, 6) is 0.356. The predicted molar refractivity (Wildman–Crippen MR) is 70.5 cm³/mol. The molecule has 4 heteroatoms. The molecule has 1 aromatic heterocycles. The fourth-order valence-corrected chi connectivity index (χ4v) is 1.63. The van der Waals surface area contributed by atoms with Crippen molar-refractivity contribution in [3.8, 4) is 5.75 Å². The molecule has 0 unspecified atom stereocenters. The summed E-state index contributed by atoms with van der Waals surface area (Å²) in [5, 5.41) is 0. The van der Waals surface area contributed by atoms with Crippen LogP contribution in [0.5, 0.6) is 5.75 Å². The summed E-state index contributed by atoms with van der Waals surface area (Å²) in [6.45, 7) is 1.59. The maximum Gasteiger partial charge on any atom is 0.223 e. The molecule has 0 radical (unpaired) electrons. The summed E-state index contributed by atoms with van der Waals surface area (Å²) in [6.07, 6.45) is 3.41. The second kappa shape index (κ2) is 6.02. The smallest absolute Gasteiger partial charge is 0.223 e. The van der Waals surface area contributed by atoms with E-state index in [2.05, 4.69) is 0 Å². The Balaban J connectivity index is 2.09. The molecule has 4 nitrogen and oxygen atoms in total. The molecule has 0 amide bonds. The van der Waals surface area contributed by atoms with Crippen LogP contribution in [0.3, 0.4) is 0 Å². The van der Waals surface area contributed by atoms with Gasteiger partial charge in [-0.1, -0.05) is 30.3 Å². The highest BCUT2D eigenvalue weighted by atomic mass is 16.5. The van der Waals surface area contributed by atoms with Gasteiger partial charge in [-0.15, -0.1) is 0 Å². The van der Waals surface area contributed by atoms with Crippen LogP contribution in [0.4, 0.5) is 0 Å². The SMILES string of the molecule is NCCn1ccc(=O)c(OCc2ccccc2)c1. The first-order valence-corrected chi connectivity index (χ1v) is 5.86. The minimum Gasteiger partial charge on any atom is -0.483 e. The van der Waals surface area contributed by atoms with Gasteiger partial charge in [0.05, 0.1) is 6.20 Å². The van der Waals surface area contributed by atoms with E-state index < -0.39 is 0 Å². The summed E-state index contributed by atoms with van der Waals surface area (Å²) in [5.41, 5.74) is 6.40. The maximum atomic E-state index is 11.6. The number of ether oxygens (including phenoxy) is 1. The Hall–Kier alpha value is -2.07. The molecule has 0 saturated heterocycles. The fourth-order valence-electron chi connectivity index (χ4n) is 1.63. The van der Waals surface area contributed by atoms with Gasteiger partial charge in [-0.25, -0.2) is 0 Å². The highest BCUT2D eigenvalue weighted by Crippen LogP contribution is 2.07. The van der Waals surface area contributed by atoms with E-state index in [-0.39, 0.29) is 5.43 Å². The first-order valence-electron chi connectivity index (χ1n) is 5.86. The van der Waals surface area contributed by atoms with Crippen LogP contribution in [0.2, 0.25) is 0 Å². The van der Waals surface area contributed by atoms with Gasteiger partial charge in [0.25, 0.3) is 0 Å². The van der Waals surface area contributed by atoms with Crippen LogP contribution in [0.25, 0.3) is 0 Å². The van der Waals surface area contributed by atoms with Crippen LogP contribution in [0.1, 0.15) is 5.56 Å². The van der Waals surface area contributed by atoms with Gasteiger partial charge in [-0.05, 0) is 5.56 Å². The van der Waals surface area contributed by atoms with E-state index in [1.807, 2.05) is 34.9 Å². The van der Waals surface area contributed by atoms with E-state index in [1.165, 1.54) is 6.07 Å². The number of aromatic nitrogens is 1. The predicted octanol–water partition coefficient (Wildman–Crippen LogP) is 1.39. The minimum absolute atomic E-state index is 0.112. The summed E-state index contributed by atoms with van der Waals surface area (Å²) in [7, 11) is 0. The Morgan fingerprint density at radius 2 is 1.94 bits per heavy atom. The zero-order valence-electron chi connectivity index (χ0n) is 10.1. The molecular formula is C14H16N2O2. The van der Waals surface area contributed by atoms with Crippen molar-refractivity contribution in [2.75, 3.05) is 6.54 Å². The van der Waals surface area contributed by atoms with Gasteiger partial charge in [0, 0.05) is 25.4 Å². The summed E-state index contributed by atoms with van der Waals surface area (Å²) >= 11 is 0. The van der Waals surface area contributed by atoms with Crippen LogP contribution >= 0.6 is 0 Å². The van der Waals surface area contributed by atoms with Gasteiger partial charge in [0.15, 0.2) is 5.75 Å². The van der Waals surface area contributed by atoms with Crippen molar-refractivity contribution in [2.45, 2.75) is 13.2 Å². The Labute approximate surface area is 106 Å². The molecule has 2 rings (SSSR count). The highest BCUT2D eigenvalue weighted by molar-refractivity contribution is 5.19. The van der Waals surface area contributed by atoms with Crippen LogP contribution in [0.15, 0.2) is 53.6 Å². The molecule has 2 N–H and O–H groups in total. The Bertz CT molecular complexity index is 549. The summed E-state index contributed by atoms with van der Waals surface area (Å²) in [4.78, 5) is 11.6. The molecule has 0 bridgehead atoms. The van der Waals surface area contributed by atoms with Gasteiger partial charge in [0.1, 0.15) is 6.61 Å². The van der Waals surface area contributed by atoms with Crippen molar-refractivity contribution in [2.24, 2.45) is 5.73 Å². The molecule has 0 aliphatic carbocycles. The van der Waals surface area contributed by atoms with Gasteiger partial charge in [-0.3, -0.25) is 4.79 Å². The molecule has 0 aliphatic heterocycles. The minimum atomic E-state index is -0.112. The Kier molecular flexibility index (Phi) is 4.15. The molecule has 2 aromatic rings. The molecule has 94 valence electrons. The van der Waals surface area contributed by atoms with Gasteiger partial charge in [-0.2, -0.15) is 0 Å². The number of pyridine rings is 1. The van der Waals surface area contributed by atoms with E-state index >= 15 is 0 Å². The van der Waals surface area contributed by atoms with E-state index in [0.717, 1.165) is 5.56 Å². The molecule has 18 heavy (non-hydrogen) atoms. The Morgan fingerprint density at radius 3 is 2.67 bits per heavy atom. The molecule has 0 aliphatic rings. The average Bonchev–Trinajstić information content (AvgIpc) is 2.41. The fraction of sp³-hybridized carbons (Fsp3) is 0.214. The van der Waals surface area contributed by atoms with Crippen molar-refractivity contribution in [1.82, 2.24) is 4.57 Å². The van der Waals surface area contributed by atoms with Crippen molar-refractivity contribution in [1.29, 1.82) is 0 Å². The van der Waals surface area contributed by atoms with Gasteiger partial charge in [0.2, 0.25) is 5.43 Å². The third-order valence-electron chi connectivity index (χ3n) is 2.57. The summed E-state index contributed by atoms with van der Waals surface area (Å²) < 4.78 is 7.38. The number of hydrogen-bond donors (Lipinski definition) is 1. The molecular weight excluding hydrogens is 228 g/mol. The number of nitrogens with two attached hydrogens (primary N) is 1. The van der Waals surface area contributed by atoms with Crippen LogP contribution < -0.4 is 15.9 Å². The first kappa shape index (κ1) is 12.4. The van der Waals surface area contributed by atoms with Crippen LogP contribution in [-0.2, 0) is 13.2 Å². The van der Waals surface area contributed by atoms with E-state index in [9.17, 15) is 4.79 Å². The van der Waals surface area contributed by atoms with E-state index in [1.54, 1.807) is 12.4 Å². The molecule has 0 fully saturated rings. The number of hydrogen-bond acceptors (Lipinski definition) is 3. The highest BCUT2D eigenvalue weighted by Gasteiger charge is 2.01. The lowest BCUT2D eigenvalue weighted by Crippen LogP contribution is -2.14. The lowest BCUT2D eigenvalue weighted by atomic mass is 10.2. The van der Waals surface area contributed by atoms with Crippen molar-refractivity contribution in [3.05, 3.63) is 64.6 Å². The molecule has 0 atom stereocenters. The van der Waals surface area contributed by atoms with Crippen LogP contribution in [-0.4, -0.2) is 11.1 Å². The largest absolute Gasteiger partial charge is 0.483 e. The van der Waals surface area contributed by atoms with Gasteiger partial charge < -0.3 is 15.0 Å². The third-order valence-corrected chi connectivity index (χ3v) is 2.57. The standard InChI is InChI=1S/C14H16N2O2/c15-7-9-16-8-6-13(17)14(10-16)18-11-12-4-2-1-3-5-12/h1-6,8,10H,7,9,11,15H2. The lowest BCUT2D eigenvalue weighted by Gasteiger charge is -2.09. The molecule has 1 heterocycles. The molecule has 0 saturated carbocycles. The van der Waals surface area contributed by atoms with Crippen molar-refractivity contribution in [3.63, 3.8) is 0 Å². The topological polar surface area (TPSA) is 57.2 Å². The average molecular weight is 244 g/mol. The van der Waals surface area contributed by atoms with Crippen molar-refractivity contribution >= 4 is 0 Å². The van der Waals surface area contributed by atoms with Crippen LogP contribution in [0, 0.1) is 0 Å². The Morgan fingerprint density at radius 1 is 1.17 bits per heavy atom. The summed E-state index contributed by atoms with van der Waals surface area (Å²) in [6, 6.07) is 11.2. The number of benzene rings is 1. The van der Waals surface area contributed by atoms with E-state index in [0.29, 0.717) is 25.4 Å². The van der Waals surface area contributed by atoms with E-state index in [4.69, 9.17) is 10.5 Å². The second-order valence-corrected chi connectivity index (χ2v) is 3.97. The first-order chi connectivity index (χ1) is 8.79. The zero-order chi connectivity index (χ0) is 12.8. The monoisotopic (exact) mass is 244 g/mol. The number of rotatable bonds is 5. The van der Waals surface area contributed by atoms with Crippen molar-refractivity contribution < 1.29 is 4.74 Å². The zero-order valence-corrected chi connectivity index (χ0v) is 10.1. The number of nitrogens with zero attached hydrogens (tertiary/aromatic N) is 1. The van der Waals surface area contributed by atoms with Gasteiger partial charge >= 0.3 is 0 Å². The normalized spacial score (nSPS) is 10.3. The molecule has 0 spiro atoms. The maximum absolute atomic E-state index is 11.6. The lowest BCUT2D eigenvalue weighted by molar-refractivity contribution is 0.300. The third kappa shape index (κ3) is 3.21. The quantitative estimate of drug-likeness (QED) is 0.864. The molecule has 1 aromatic carbocycles. The second-order valence-electron chi connectivity index (χ2n) is 3.97.